The van der Waals surface area contributed by atoms with Crippen LogP contribution in [0.15, 0.2) is 60.8 Å². The van der Waals surface area contributed by atoms with E-state index in [-0.39, 0.29) is 31.6 Å². The molecule has 6 heteroatoms. The Kier molecular flexibility index (Phi) is 31.6. The van der Waals surface area contributed by atoms with Crippen molar-refractivity contribution >= 4 is 11.9 Å². The van der Waals surface area contributed by atoms with Gasteiger partial charge in [0.1, 0.15) is 6.61 Å². The van der Waals surface area contributed by atoms with Crippen molar-refractivity contribution < 1.29 is 29.3 Å². The fourth-order valence-corrected chi connectivity index (χ4v) is 4.50. The van der Waals surface area contributed by atoms with Crippen LogP contribution in [0, 0.1) is 0 Å². The van der Waals surface area contributed by atoms with Crippen LogP contribution in [0.5, 0.6) is 0 Å². The number of hydrogen-bond acceptors (Lipinski definition) is 6. The predicted octanol–water partition coefficient (Wildman–Crippen LogP) is 9.42. The Balaban J connectivity index is 3.79. The van der Waals surface area contributed by atoms with Crippen LogP contribution in [0.2, 0.25) is 0 Å². The number of ether oxygens (including phenoxy) is 2. The van der Waals surface area contributed by atoms with Crippen molar-refractivity contribution in [1.29, 1.82) is 0 Å². The van der Waals surface area contributed by atoms with Gasteiger partial charge in [-0.25, -0.2) is 0 Å². The summed E-state index contributed by atoms with van der Waals surface area (Å²) in [5, 5.41) is 19.4. The molecule has 0 amide bonds. The molecule has 0 aromatic carbocycles. The van der Waals surface area contributed by atoms with Gasteiger partial charge in [-0.15, -0.1) is 0 Å². The average Bonchev–Trinajstić information content (AvgIpc) is 3.02. The molecule has 0 spiro atoms. The standard InChI is InChI=1S/C38H64O6/c1-3-5-7-9-11-12-13-14-15-20-24-28-32-38(42)44-36(33-39)34-43-37(41)31-27-23-19-17-16-18-22-26-30-35(40)29-25-21-10-8-6-4-2/h6,8,17-19,21-22,25-26,30,35-36,39-40H,3-5,7,9-16,20,23-24,27-29,31-34H2,1-2H3/b8-6-,19-17-,22-18-,25-21-,30-26+/t35?,36-/m0/s1. The van der Waals surface area contributed by atoms with Crippen molar-refractivity contribution in [3.8, 4) is 0 Å². The van der Waals surface area contributed by atoms with E-state index in [0.717, 1.165) is 44.9 Å². The Morgan fingerprint density at radius 2 is 1.25 bits per heavy atom. The molecule has 0 heterocycles. The van der Waals surface area contributed by atoms with E-state index in [9.17, 15) is 19.8 Å². The molecule has 44 heavy (non-hydrogen) atoms. The number of unbranched alkanes of at least 4 members (excludes halogenated alkanes) is 12. The highest BCUT2D eigenvalue weighted by Crippen LogP contribution is 2.13. The highest BCUT2D eigenvalue weighted by Gasteiger charge is 2.16. The zero-order valence-corrected chi connectivity index (χ0v) is 28.0. The lowest BCUT2D eigenvalue weighted by molar-refractivity contribution is -0.161. The highest BCUT2D eigenvalue weighted by molar-refractivity contribution is 5.70. The molecular formula is C38H64O6. The van der Waals surface area contributed by atoms with Crippen molar-refractivity contribution in [2.75, 3.05) is 13.2 Å². The zero-order chi connectivity index (χ0) is 32.4. The number of aliphatic hydroxyl groups is 2. The molecule has 252 valence electrons. The number of allylic oxidation sites excluding steroid dienone is 8. The van der Waals surface area contributed by atoms with Crippen molar-refractivity contribution in [2.24, 2.45) is 0 Å². The Morgan fingerprint density at radius 3 is 1.91 bits per heavy atom. The molecule has 6 nitrogen and oxygen atoms in total. The van der Waals surface area contributed by atoms with E-state index in [2.05, 4.69) is 32.1 Å². The van der Waals surface area contributed by atoms with Crippen LogP contribution in [0.1, 0.15) is 142 Å². The van der Waals surface area contributed by atoms with Gasteiger partial charge in [0.15, 0.2) is 6.10 Å². The normalized spacial score (nSPS) is 13.6. The Morgan fingerprint density at radius 1 is 0.659 bits per heavy atom. The first kappa shape index (κ1) is 41.6. The summed E-state index contributed by atoms with van der Waals surface area (Å²) in [4.78, 5) is 24.1. The molecular weight excluding hydrogens is 552 g/mol. The van der Waals surface area contributed by atoms with Gasteiger partial charge in [-0.3, -0.25) is 9.59 Å². The second-order valence-electron chi connectivity index (χ2n) is 11.4. The number of carbonyl (C=O) groups is 2. The fraction of sp³-hybridized carbons (Fsp3) is 0.684. The summed E-state index contributed by atoms with van der Waals surface area (Å²) in [5.74, 6) is -0.703. The molecule has 0 aliphatic heterocycles. The van der Waals surface area contributed by atoms with E-state index < -0.39 is 12.2 Å². The molecule has 0 aliphatic rings. The van der Waals surface area contributed by atoms with Gasteiger partial charge < -0.3 is 19.7 Å². The monoisotopic (exact) mass is 616 g/mol. The van der Waals surface area contributed by atoms with Gasteiger partial charge in [0.2, 0.25) is 0 Å². The summed E-state index contributed by atoms with van der Waals surface area (Å²) in [6.45, 7) is 3.87. The maximum absolute atomic E-state index is 12.1. The third-order valence-electron chi connectivity index (χ3n) is 7.16. The van der Waals surface area contributed by atoms with Crippen molar-refractivity contribution in [1.82, 2.24) is 0 Å². The van der Waals surface area contributed by atoms with Gasteiger partial charge in [-0.1, -0.05) is 145 Å². The molecule has 0 radical (unpaired) electrons. The molecule has 0 aromatic heterocycles. The van der Waals surface area contributed by atoms with E-state index in [1.54, 1.807) is 6.08 Å². The molecule has 0 saturated carbocycles. The van der Waals surface area contributed by atoms with E-state index >= 15 is 0 Å². The number of aliphatic hydroxyl groups excluding tert-OH is 2. The highest BCUT2D eigenvalue weighted by atomic mass is 16.6. The zero-order valence-electron chi connectivity index (χ0n) is 28.0. The lowest BCUT2D eigenvalue weighted by Crippen LogP contribution is -2.28. The van der Waals surface area contributed by atoms with Crippen LogP contribution in [-0.2, 0) is 19.1 Å². The first-order valence-electron chi connectivity index (χ1n) is 17.5. The van der Waals surface area contributed by atoms with E-state index in [1.165, 1.54) is 57.8 Å². The van der Waals surface area contributed by atoms with Crippen LogP contribution in [0.25, 0.3) is 0 Å². The molecule has 1 unspecified atom stereocenters. The number of esters is 2. The minimum absolute atomic E-state index is 0.116. The molecule has 0 rings (SSSR count). The van der Waals surface area contributed by atoms with Crippen LogP contribution in [0.4, 0.5) is 0 Å². The van der Waals surface area contributed by atoms with Crippen molar-refractivity contribution in [3.63, 3.8) is 0 Å². The molecule has 0 fully saturated rings. The SMILES string of the molecule is CC/C=C\C/C=C\CC(O)/C=C/C=C\C/C=C\CCCC(=O)OC[C@H](CO)OC(=O)CCCCCCCCCCCCCC. The van der Waals surface area contributed by atoms with Gasteiger partial charge in [0.25, 0.3) is 0 Å². The summed E-state index contributed by atoms with van der Waals surface area (Å²) < 4.78 is 10.5. The number of rotatable bonds is 30. The number of hydrogen-bond donors (Lipinski definition) is 2. The molecule has 2 N–H and O–H groups in total. The van der Waals surface area contributed by atoms with Gasteiger partial charge >= 0.3 is 11.9 Å². The second kappa shape index (κ2) is 33.5. The van der Waals surface area contributed by atoms with Gasteiger partial charge in [0, 0.05) is 12.8 Å². The van der Waals surface area contributed by atoms with E-state index in [1.807, 2.05) is 36.5 Å². The lowest BCUT2D eigenvalue weighted by Gasteiger charge is -2.15. The first-order valence-corrected chi connectivity index (χ1v) is 17.5. The molecule has 2 atom stereocenters. The van der Waals surface area contributed by atoms with Crippen LogP contribution in [0.3, 0.4) is 0 Å². The molecule has 0 bridgehead atoms. The topological polar surface area (TPSA) is 93.1 Å². The van der Waals surface area contributed by atoms with Crippen molar-refractivity contribution in [3.05, 3.63) is 60.8 Å². The van der Waals surface area contributed by atoms with E-state index in [0.29, 0.717) is 19.3 Å². The third-order valence-corrected chi connectivity index (χ3v) is 7.16. The van der Waals surface area contributed by atoms with Crippen LogP contribution < -0.4 is 0 Å². The summed E-state index contributed by atoms with van der Waals surface area (Å²) in [5.41, 5.74) is 0. The summed E-state index contributed by atoms with van der Waals surface area (Å²) in [7, 11) is 0. The summed E-state index contributed by atoms with van der Waals surface area (Å²) in [6, 6.07) is 0. The summed E-state index contributed by atoms with van der Waals surface area (Å²) in [6.07, 6.45) is 38.8. The quantitative estimate of drug-likeness (QED) is 0.0361. The average molecular weight is 617 g/mol. The minimum atomic E-state index is -0.810. The maximum Gasteiger partial charge on any atom is 0.306 e. The first-order chi connectivity index (χ1) is 21.5. The Hall–Kier alpha value is -2.44. The molecule has 0 saturated heterocycles. The largest absolute Gasteiger partial charge is 0.462 e. The molecule has 0 aromatic rings. The van der Waals surface area contributed by atoms with Gasteiger partial charge in [0.05, 0.1) is 12.7 Å². The molecule has 0 aliphatic carbocycles. The third kappa shape index (κ3) is 31.0. The minimum Gasteiger partial charge on any atom is -0.462 e. The predicted molar refractivity (Wildman–Crippen MR) is 183 cm³/mol. The smallest absolute Gasteiger partial charge is 0.306 e. The summed E-state index contributed by atoms with van der Waals surface area (Å²) >= 11 is 0. The Labute approximate surface area is 269 Å². The van der Waals surface area contributed by atoms with Crippen LogP contribution >= 0.6 is 0 Å². The number of carbonyl (C=O) groups excluding carboxylic acids is 2. The second-order valence-corrected chi connectivity index (χ2v) is 11.4. The fourth-order valence-electron chi connectivity index (χ4n) is 4.50. The van der Waals surface area contributed by atoms with Crippen molar-refractivity contribution in [2.45, 2.75) is 154 Å². The van der Waals surface area contributed by atoms with Gasteiger partial charge in [-0.05, 0) is 44.9 Å². The van der Waals surface area contributed by atoms with Gasteiger partial charge in [-0.2, -0.15) is 0 Å². The lowest BCUT2D eigenvalue weighted by atomic mass is 10.0. The van der Waals surface area contributed by atoms with E-state index in [4.69, 9.17) is 9.47 Å². The Bertz CT molecular complexity index is 810. The van der Waals surface area contributed by atoms with Crippen LogP contribution in [-0.4, -0.2) is 47.6 Å². The maximum atomic E-state index is 12.1.